The number of phenols is 2. The fourth-order valence-corrected chi connectivity index (χ4v) is 4.76. The monoisotopic (exact) mass is 388 g/mol. The molecule has 0 spiro atoms. The van der Waals surface area contributed by atoms with Gasteiger partial charge >= 0.3 is 0 Å². The second kappa shape index (κ2) is 7.08. The fraction of sp³-hybridized carbons (Fsp3) is 0.292. The van der Waals surface area contributed by atoms with Crippen LogP contribution in [-0.2, 0) is 17.8 Å². The Hall–Kier alpha value is -3.05. The molecule has 2 atom stereocenters. The first-order chi connectivity index (χ1) is 14.1. The van der Waals surface area contributed by atoms with E-state index in [1.54, 1.807) is 12.1 Å². The van der Waals surface area contributed by atoms with Gasteiger partial charge in [-0.3, -0.25) is 9.69 Å². The van der Waals surface area contributed by atoms with Crippen molar-refractivity contribution in [2.75, 3.05) is 6.54 Å². The van der Waals surface area contributed by atoms with Gasteiger partial charge in [-0.2, -0.15) is 0 Å². The van der Waals surface area contributed by atoms with Gasteiger partial charge in [0.15, 0.2) is 11.5 Å². The highest BCUT2D eigenvalue weighted by Crippen LogP contribution is 2.42. The van der Waals surface area contributed by atoms with Crippen molar-refractivity contribution in [3.05, 3.63) is 83.0 Å². The van der Waals surface area contributed by atoms with Gasteiger partial charge < -0.3 is 15.1 Å². The number of carbonyl (C=O) groups excluding carboxylic acids is 1. The van der Waals surface area contributed by atoms with Crippen molar-refractivity contribution < 1.29 is 15.0 Å². The van der Waals surface area contributed by atoms with E-state index < -0.39 is 0 Å². The number of carbonyl (C=O) groups is 1. The standard InChI is InChI=1S/C24H24N2O3/c27-21-11-10-18(13-22(21)28)23-25-15-19-9-5-4-8-17(19)12-20(25)24(29)26(23)14-16-6-2-1-3-7-16/h1-2,4-6,8-11,13,20,23,27-28H,3,7,12,14-15H2. The van der Waals surface area contributed by atoms with Crippen molar-refractivity contribution in [2.45, 2.75) is 38.0 Å². The van der Waals surface area contributed by atoms with Crippen molar-refractivity contribution in [1.82, 2.24) is 9.80 Å². The average Bonchev–Trinajstić information content (AvgIpc) is 3.00. The van der Waals surface area contributed by atoms with Crippen LogP contribution in [0.15, 0.2) is 66.3 Å². The van der Waals surface area contributed by atoms with Gasteiger partial charge in [-0.25, -0.2) is 0 Å². The third-order valence-corrected chi connectivity index (χ3v) is 6.23. The molecule has 2 heterocycles. The number of hydrogen-bond donors (Lipinski definition) is 2. The minimum Gasteiger partial charge on any atom is -0.504 e. The van der Waals surface area contributed by atoms with Gasteiger partial charge in [0, 0.05) is 13.1 Å². The lowest BCUT2D eigenvalue weighted by molar-refractivity contribution is -0.129. The van der Waals surface area contributed by atoms with Crippen LogP contribution in [0.3, 0.4) is 0 Å². The Bertz CT molecular complexity index is 1030. The van der Waals surface area contributed by atoms with Crippen molar-refractivity contribution in [3.63, 3.8) is 0 Å². The lowest BCUT2D eigenvalue weighted by Crippen LogP contribution is -2.39. The molecule has 2 unspecified atom stereocenters. The molecule has 148 valence electrons. The van der Waals surface area contributed by atoms with Crippen LogP contribution in [0.4, 0.5) is 0 Å². The Balaban J connectivity index is 1.56. The minimum absolute atomic E-state index is 0.132. The summed E-state index contributed by atoms with van der Waals surface area (Å²) in [5, 5.41) is 19.9. The van der Waals surface area contributed by atoms with Crippen LogP contribution in [0.1, 0.15) is 35.7 Å². The lowest BCUT2D eigenvalue weighted by atomic mass is 9.94. The van der Waals surface area contributed by atoms with E-state index in [-0.39, 0.29) is 29.6 Å². The molecule has 3 aliphatic rings. The molecule has 1 amide bonds. The Morgan fingerprint density at radius 3 is 2.62 bits per heavy atom. The summed E-state index contributed by atoms with van der Waals surface area (Å²) in [7, 11) is 0. The molecule has 0 aromatic heterocycles. The molecule has 0 saturated carbocycles. The largest absolute Gasteiger partial charge is 0.504 e. The molecular formula is C24H24N2O3. The molecule has 1 saturated heterocycles. The van der Waals surface area contributed by atoms with Crippen LogP contribution in [0, 0.1) is 0 Å². The number of phenolic OH excluding ortho intramolecular Hbond substituents is 2. The molecular weight excluding hydrogens is 364 g/mol. The molecule has 29 heavy (non-hydrogen) atoms. The van der Waals surface area contributed by atoms with Crippen LogP contribution in [0.25, 0.3) is 0 Å². The normalized spacial score (nSPS) is 23.7. The van der Waals surface area contributed by atoms with E-state index in [0.29, 0.717) is 19.5 Å². The zero-order valence-corrected chi connectivity index (χ0v) is 16.2. The number of rotatable bonds is 3. The zero-order chi connectivity index (χ0) is 20.0. The SMILES string of the molecule is O=C1C2Cc3ccccc3CN2C(c2ccc(O)c(O)c2)N1CC1=CC=CCC1. The Morgan fingerprint density at radius 1 is 1.03 bits per heavy atom. The predicted octanol–water partition coefficient (Wildman–Crippen LogP) is 3.64. The molecule has 5 heteroatoms. The second-order valence-corrected chi connectivity index (χ2v) is 8.04. The maximum absolute atomic E-state index is 13.5. The third kappa shape index (κ3) is 3.12. The molecule has 2 N–H and O–H groups in total. The quantitative estimate of drug-likeness (QED) is 0.788. The molecule has 5 nitrogen and oxygen atoms in total. The van der Waals surface area contributed by atoms with Gasteiger partial charge in [0.05, 0.1) is 6.04 Å². The number of nitrogens with zero attached hydrogens (tertiary/aromatic N) is 2. The Kier molecular flexibility index (Phi) is 4.40. The maximum Gasteiger partial charge on any atom is 0.242 e. The molecule has 2 aromatic carbocycles. The van der Waals surface area contributed by atoms with E-state index >= 15 is 0 Å². The lowest BCUT2D eigenvalue weighted by Gasteiger charge is -2.35. The number of hydrogen-bond acceptors (Lipinski definition) is 4. The zero-order valence-electron chi connectivity index (χ0n) is 16.2. The van der Waals surface area contributed by atoms with Crippen molar-refractivity contribution in [2.24, 2.45) is 0 Å². The van der Waals surface area contributed by atoms with Gasteiger partial charge in [0.25, 0.3) is 0 Å². The summed E-state index contributed by atoms with van der Waals surface area (Å²) in [6.45, 7) is 1.27. The van der Waals surface area contributed by atoms with Crippen LogP contribution < -0.4 is 0 Å². The van der Waals surface area contributed by atoms with Crippen molar-refractivity contribution >= 4 is 5.91 Å². The Labute approximate surface area is 170 Å². The van der Waals surface area contributed by atoms with Gasteiger partial charge in [-0.15, -0.1) is 0 Å². The van der Waals surface area contributed by atoms with E-state index in [2.05, 4.69) is 35.3 Å². The fourth-order valence-electron chi connectivity index (χ4n) is 4.76. The molecule has 0 bridgehead atoms. The summed E-state index contributed by atoms with van der Waals surface area (Å²) >= 11 is 0. The number of amides is 1. The highest BCUT2D eigenvalue weighted by atomic mass is 16.3. The number of fused-ring (bicyclic) bond motifs is 2. The number of allylic oxidation sites excluding steroid dienone is 3. The highest BCUT2D eigenvalue weighted by Gasteiger charge is 2.48. The first-order valence-electron chi connectivity index (χ1n) is 10.1. The molecule has 2 aliphatic heterocycles. The molecule has 0 radical (unpaired) electrons. The Morgan fingerprint density at radius 2 is 1.86 bits per heavy atom. The van der Waals surface area contributed by atoms with E-state index in [9.17, 15) is 15.0 Å². The second-order valence-electron chi connectivity index (χ2n) is 8.04. The summed E-state index contributed by atoms with van der Waals surface area (Å²) in [4.78, 5) is 17.7. The highest BCUT2D eigenvalue weighted by molar-refractivity contribution is 5.85. The van der Waals surface area contributed by atoms with Crippen molar-refractivity contribution in [1.29, 1.82) is 0 Å². The maximum atomic E-state index is 13.5. The summed E-state index contributed by atoms with van der Waals surface area (Å²) in [6.07, 6.45) is 8.70. The van der Waals surface area contributed by atoms with Crippen molar-refractivity contribution in [3.8, 4) is 11.5 Å². The van der Waals surface area contributed by atoms with Gasteiger partial charge in [-0.05, 0) is 48.1 Å². The number of aromatic hydroxyl groups is 2. The van der Waals surface area contributed by atoms with Crippen LogP contribution in [0.2, 0.25) is 0 Å². The predicted molar refractivity (Wildman–Crippen MR) is 110 cm³/mol. The van der Waals surface area contributed by atoms with Crippen LogP contribution in [-0.4, -0.2) is 38.5 Å². The molecule has 2 aromatic rings. The smallest absolute Gasteiger partial charge is 0.242 e. The summed E-state index contributed by atoms with van der Waals surface area (Å²) in [5.41, 5.74) is 4.54. The molecule has 1 fully saturated rings. The van der Waals surface area contributed by atoms with E-state index in [1.165, 1.54) is 22.8 Å². The minimum atomic E-state index is -0.265. The summed E-state index contributed by atoms with van der Waals surface area (Å²) < 4.78 is 0. The first kappa shape index (κ1) is 18.0. The first-order valence-corrected chi connectivity index (χ1v) is 10.1. The van der Waals surface area contributed by atoms with E-state index in [1.807, 2.05) is 17.0 Å². The van der Waals surface area contributed by atoms with E-state index in [4.69, 9.17) is 0 Å². The van der Waals surface area contributed by atoms with Gasteiger partial charge in [-0.1, -0.05) is 54.1 Å². The topological polar surface area (TPSA) is 64.0 Å². The molecule has 1 aliphatic carbocycles. The third-order valence-electron chi connectivity index (χ3n) is 6.23. The van der Waals surface area contributed by atoms with Crippen LogP contribution in [0.5, 0.6) is 11.5 Å². The number of benzene rings is 2. The van der Waals surface area contributed by atoms with Crippen LogP contribution >= 0.6 is 0 Å². The average molecular weight is 388 g/mol. The van der Waals surface area contributed by atoms with Gasteiger partial charge in [0.2, 0.25) is 5.91 Å². The van der Waals surface area contributed by atoms with E-state index in [0.717, 1.165) is 18.4 Å². The summed E-state index contributed by atoms with van der Waals surface area (Å²) in [5.74, 6) is -0.173. The molecule has 5 rings (SSSR count). The summed E-state index contributed by atoms with van der Waals surface area (Å²) in [6, 6.07) is 13.0. The van der Waals surface area contributed by atoms with Gasteiger partial charge in [0.1, 0.15) is 6.17 Å².